The molecule has 0 nitrogen and oxygen atoms in total. The Morgan fingerprint density at radius 1 is 1.33 bits per heavy atom. The highest BCUT2D eigenvalue weighted by atomic mass is 31.1. The van der Waals surface area contributed by atoms with Crippen molar-refractivity contribution < 1.29 is 8.78 Å². The van der Waals surface area contributed by atoms with Crippen LogP contribution in [0.2, 0.25) is 0 Å². The summed E-state index contributed by atoms with van der Waals surface area (Å²) in [7, 11) is -0.993. The van der Waals surface area contributed by atoms with Gasteiger partial charge in [-0.3, -0.25) is 0 Å². The topological polar surface area (TPSA) is 0 Å². The van der Waals surface area contributed by atoms with Crippen LogP contribution < -0.4 is 0 Å². The lowest BCUT2D eigenvalue weighted by molar-refractivity contribution is 0.245. The third-order valence-corrected chi connectivity index (χ3v) is 1.17. The monoisotopic (exact) mass is 112 g/mol. The Hall–Kier alpha value is 0.290. The minimum Gasteiger partial charge on any atom is -0.206 e. The summed E-state index contributed by atoms with van der Waals surface area (Å²) in [5, 5.41) is 0. The molecular weight excluding hydrogens is 105 g/mol. The second-order valence-electron chi connectivity index (χ2n) is 1.24. The predicted molar refractivity (Wildman–Crippen MR) is 24.8 cm³/mol. The summed E-state index contributed by atoms with van der Waals surface area (Å²) in [5.74, 6) is 0. The number of rotatable bonds is 1. The van der Waals surface area contributed by atoms with E-state index in [4.69, 9.17) is 0 Å². The lowest BCUT2D eigenvalue weighted by Gasteiger charge is -1.98. The van der Waals surface area contributed by atoms with Crippen LogP contribution in [0.4, 0.5) is 8.78 Å². The van der Waals surface area contributed by atoms with Gasteiger partial charge in [0.15, 0.2) is 0 Å². The van der Waals surface area contributed by atoms with Gasteiger partial charge in [-0.1, -0.05) is 0 Å². The maximum Gasteiger partial charge on any atom is 0.254 e. The number of hydrogen-bond acceptors (Lipinski definition) is 0. The first-order valence-corrected chi connectivity index (χ1v) is 3.89. The molecule has 0 aliphatic carbocycles. The fraction of sp³-hybridized carbons (Fsp3) is 1.00. The van der Waals surface area contributed by atoms with Crippen molar-refractivity contribution in [1.82, 2.24) is 0 Å². The smallest absolute Gasteiger partial charge is 0.206 e. The summed E-state index contributed by atoms with van der Waals surface area (Å²) >= 11 is 0. The molecule has 38 valence electrons. The van der Waals surface area contributed by atoms with Crippen LogP contribution in [-0.2, 0) is 0 Å². The van der Waals surface area contributed by atoms with Gasteiger partial charge >= 0.3 is 0 Å². The third-order valence-electron chi connectivity index (χ3n) is 0.390. The maximum atomic E-state index is 11.2. The minimum absolute atomic E-state index is 0.993. The summed E-state index contributed by atoms with van der Waals surface area (Å²) in [6.45, 7) is 3.11. The Labute approximate surface area is 37.3 Å². The molecule has 0 rings (SSSR count). The van der Waals surface area contributed by atoms with Crippen molar-refractivity contribution in [3.05, 3.63) is 0 Å². The van der Waals surface area contributed by atoms with Gasteiger partial charge in [0.1, 0.15) is 0 Å². The zero-order valence-corrected chi connectivity index (χ0v) is 4.67. The van der Waals surface area contributed by atoms with E-state index in [-0.39, 0.29) is 0 Å². The molecule has 0 aromatic carbocycles. The number of halogens is 2. The molecule has 0 heterocycles. The van der Waals surface area contributed by atoms with Crippen LogP contribution in [0.15, 0.2) is 0 Å². The Morgan fingerprint density at radius 3 is 1.50 bits per heavy atom. The standard InChI is InChI=1S/C3H7F2P/c1-6(2)3(4)5/h3H,1-2H3. The molecule has 6 heavy (non-hydrogen) atoms. The van der Waals surface area contributed by atoms with E-state index in [0.717, 1.165) is 0 Å². The van der Waals surface area contributed by atoms with Crippen molar-refractivity contribution in [3.8, 4) is 0 Å². The number of hydrogen-bond donors (Lipinski definition) is 0. The van der Waals surface area contributed by atoms with E-state index < -0.39 is 14.1 Å². The fourth-order valence-corrected chi connectivity index (χ4v) is 0. The largest absolute Gasteiger partial charge is 0.254 e. The molecule has 0 radical (unpaired) electrons. The first-order chi connectivity index (χ1) is 2.64. The highest BCUT2D eigenvalue weighted by molar-refractivity contribution is 7.56. The molecule has 0 aromatic heterocycles. The van der Waals surface area contributed by atoms with E-state index in [1.807, 2.05) is 0 Å². The van der Waals surface area contributed by atoms with Gasteiger partial charge in [-0.15, -0.1) is 0 Å². The molecule has 0 atom stereocenters. The molecule has 0 amide bonds. The van der Waals surface area contributed by atoms with Crippen LogP contribution in [-0.4, -0.2) is 19.5 Å². The van der Waals surface area contributed by atoms with E-state index in [1.165, 1.54) is 0 Å². The minimum atomic E-state index is -2.08. The van der Waals surface area contributed by atoms with E-state index >= 15 is 0 Å². The van der Waals surface area contributed by atoms with Gasteiger partial charge in [0, 0.05) is 0 Å². The summed E-state index contributed by atoms with van der Waals surface area (Å²) in [5.41, 5.74) is 0. The second-order valence-corrected chi connectivity index (χ2v) is 3.56. The summed E-state index contributed by atoms with van der Waals surface area (Å²) in [6.07, 6.45) is -2.08. The lowest BCUT2D eigenvalue weighted by Crippen LogP contribution is -1.81. The van der Waals surface area contributed by atoms with E-state index in [9.17, 15) is 8.78 Å². The van der Waals surface area contributed by atoms with Crippen LogP contribution in [0, 0.1) is 0 Å². The van der Waals surface area contributed by atoms with Gasteiger partial charge in [-0.2, -0.15) is 0 Å². The van der Waals surface area contributed by atoms with Crippen molar-refractivity contribution in [2.24, 2.45) is 0 Å². The summed E-state index contributed by atoms with van der Waals surface area (Å²) in [4.78, 5) is 0. The zero-order chi connectivity index (χ0) is 5.15. The lowest BCUT2D eigenvalue weighted by atomic mass is 11.7. The average Bonchev–Trinajstić information content (AvgIpc) is 1.36. The SMILES string of the molecule is CP(C)C(F)F. The normalized spacial score (nSPS) is 11.0. The van der Waals surface area contributed by atoms with Crippen molar-refractivity contribution in [2.75, 3.05) is 13.3 Å². The highest BCUT2D eigenvalue weighted by Gasteiger charge is 2.04. The summed E-state index contributed by atoms with van der Waals surface area (Å²) in [6, 6.07) is 0. The average molecular weight is 112 g/mol. The Morgan fingerprint density at radius 2 is 1.50 bits per heavy atom. The van der Waals surface area contributed by atoms with Crippen molar-refractivity contribution in [1.29, 1.82) is 0 Å². The predicted octanol–water partition coefficient (Wildman–Crippen LogP) is 1.95. The molecule has 0 saturated carbocycles. The van der Waals surface area contributed by atoms with Gasteiger partial charge in [0.2, 0.25) is 0 Å². The van der Waals surface area contributed by atoms with Crippen LogP contribution in [0.25, 0.3) is 0 Å². The molecule has 0 unspecified atom stereocenters. The summed E-state index contributed by atoms with van der Waals surface area (Å²) < 4.78 is 22.4. The van der Waals surface area contributed by atoms with Crippen LogP contribution in [0.3, 0.4) is 0 Å². The zero-order valence-electron chi connectivity index (χ0n) is 3.78. The van der Waals surface area contributed by atoms with Crippen LogP contribution in [0.5, 0.6) is 0 Å². The van der Waals surface area contributed by atoms with E-state index in [0.29, 0.717) is 0 Å². The molecule has 0 fully saturated rings. The molecule has 0 spiro atoms. The molecule has 0 bridgehead atoms. The third kappa shape index (κ3) is 2.52. The first-order valence-electron chi connectivity index (χ1n) is 1.59. The van der Waals surface area contributed by atoms with Crippen molar-refractivity contribution >= 4 is 7.92 Å². The molecule has 0 N–H and O–H groups in total. The fourth-order valence-electron chi connectivity index (χ4n) is 0. The van der Waals surface area contributed by atoms with Gasteiger partial charge < -0.3 is 0 Å². The Bertz CT molecular complexity index is 29.8. The second kappa shape index (κ2) is 2.46. The molecule has 0 aromatic rings. The van der Waals surface area contributed by atoms with Crippen molar-refractivity contribution in [3.63, 3.8) is 0 Å². The highest BCUT2D eigenvalue weighted by Crippen LogP contribution is 2.33. The van der Waals surface area contributed by atoms with Gasteiger partial charge in [0.05, 0.1) is 0 Å². The van der Waals surface area contributed by atoms with Gasteiger partial charge in [-0.25, -0.2) is 8.78 Å². The molecule has 0 aliphatic heterocycles. The molecule has 3 heteroatoms. The van der Waals surface area contributed by atoms with Crippen molar-refractivity contribution in [2.45, 2.75) is 6.17 Å². The Balaban J connectivity index is 2.99. The van der Waals surface area contributed by atoms with Gasteiger partial charge in [0.25, 0.3) is 6.17 Å². The number of alkyl halides is 2. The van der Waals surface area contributed by atoms with E-state index in [2.05, 4.69) is 0 Å². The van der Waals surface area contributed by atoms with Crippen LogP contribution in [0.1, 0.15) is 0 Å². The maximum absolute atomic E-state index is 11.2. The van der Waals surface area contributed by atoms with Crippen LogP contribution >= 0.6 is 7.92 Å². The Kier molecular flexibility index (Phi) is 2.58. The first kappa shape index (κ1) is 6.29. The molecule has 0 aliphatic rings. The molecule has 0 saturated heterocycles. The van der Waals surface area contributed by atoms with E-state index in [1.54, 1.807) is 13.3 Å². The van der Waals surface area contributed by atoms with Gasteiger partial charge in [-0.05, 0) is 21.3 Å². The molecular formula is C3H7F2P. The quantitative estimate of drug-likeness (QED) is 0.455.